The van der Waals surface area contributed by atoms with E-state index in [0.29, 0.717) is 40.6 Å². The molecule has 0 saturated carbocycles. The van der Waals surface area contributed by atoms with Crippen molar-refractivity contribution in [2.75, 3.05) is 12.3 Å². The molecule has 4 heteroatoms. The van der Waals surface area contributed by atoms with Gasteiger partial charge in [0.2, 0.25) is 0 Å². The van der Waals surface area contributed by atoms with Crippen LogP contribution in [0.3, 0.4) is 0 Å². The summed E-state index contributed by atoms with van der Waals surface area (Å²) >= 11 is 6.02. The van der Waals surface area contributed by atoms with Gasteiger partial charge in [-0.15, -0.1) is 0 Å². The summed E-state index contributed by atoms with van der Waals surface area (Å²) in [6, 6.07) is 5.10. The Morgan fingerprint density at radius 3 is 2.32 bits per heavy atom. The maximum absolute atomic E-state index is 12.2. The lowest BCUT2D eigenvalue weighted by Crippen LogP contribution is -2.34. The largest absolute Gasteiger partial charge is 0.398 e. The van der Waals surface area contributed by atoms with E-state index < -0.39 is 0 Å². The Morgan fingerprint density at radius 2 is 1.84 bits per heavy atom. The summed E-state index contributed by atoms with van der Waals surface area (Å²) in [5, 5.41) is 3.33. The van der Waals surface area contributed by atoms with Gasteiger partial charge in [0.15, 0.2) is 0 Å². The van der Waals surface area contributed by atoms with Gasteiger partial charge < -0.3 is 11.1 Å². The van der Waals surface area contributed by atoms with E-state index in [0.717, 1.165) is 0 Å². The van der Waals surface area contributed by atoms with Crippen LogP contribution in [0.15, 0.2) is 18.2 Å². The molecule has 1 rings (SSSR count). The molecule has 3 nitrogen and oxygen atoms in total. The number of hydrogen-bond acceptors (Lipinski definition) is 2. The Labute approximate surface area is 120 Å². The molecule has 106 valence electrons. The minimum Gasteiger partial charge on any atom is -0.398 e. The molecule has 0 spiro atoms. The third kappa shape index (κ3) is 4.13. The van der Waals surface area contributed by atoms with Gasteiger partial charge in [-0.3, -0.25) is 4.79 Å². The number of nitrogens with one attached hydrogen (secondary N) is 1. The Balaban J connectivity index is 2.75. The van der Waals surface area contributed by atoms with Crippen LogP contribution in [0, 0.1) is 17.8 Å². The van der Waals surface area contributed by atoms with Gasteiger partial charge in [0.05, 0.1) is 10.6 Å². The Hall–Kier alpha value is -1.22. The first-order valence-electron chi connectivity index (χ1n) is 6.66. The second kappa shape index (κ2) is 6.80. The highest BCUT2D eigenvalue weighted by atomic mass is 35.5. The predicted molar refractivity (Wildman–Crippen MR) is 81.4 cm³/mol. The number of carbonyl (C=O) groups is 1. The molecule has 1 amide bonds. The van der Waals surface area contributed by atoms with Crippen molar-refractivity contribution in [2.24, 2.45) is 17.8 Å². The third-order valence-electron chi connectivity index (χ3n) is 3.48. The molecule has 0 atom stereocenters. The molecule has 0 unspecified atom stereocenters. The van der Waals surface area contributed by atoms with E-state index in [4.69, 9.17) is 17.3 Å². The molecule has 0 fully saturated rings. The summed E-state index contributed by atoms with van der Waals surface area (Å²) in [5.41, 5.74) is 6.59. The fraction of sp³-hybridized carbons (Fsp3) is 0.533. The molecule has 0 aromatic heterocycles. The van der Waals surface area contributed by atoms with Crippen LogP contribution >= 0.6 is 11.6 Å². The first kappa shape index (κ1) is 15.8. The van der Waals surface area contributed by atoms with Gasteiger partial charge in [0, 0.05) is 12.2 Å². The van der Waals surface area contributed by atoms with Gasteiger partial charge in [-0.25, -0.2) is 0 Å². The quantitative estimate of drug-likeness (QED) is 0.811. The molecular weight excluding hydrogens is 260 g/mol. The third-order valence-corrected chi connectivity index (χ3v) is 3.80. The monoisotopic (exact) mass is 282 g/mol. The zero-order valence-electron chi connectivity index (χ0n) is 12.0. The summed E-state index contributed by atoms with van der Waals surface area (Å²) in [4.78, 5) is 12.2. The summed E-state index contributed by atoms with van der Waals surface area (Å²) in [6.45, 7) is 9.31. The maximum Gasteiger partial charge on any atom is 0.254 e. The van der Waals surface area contributed by atoms with Crippen molar-refractivity contribution in [3.8, 4) is 0 Å². The average molecular weight is 283 g/mol. The molecule has 0 bridgehead atoms. The number of carbonyl (C=O) groups excluding carboxylic acids is 1. The van der Waals surface area contributed by atoms with E-state index in [2.05, 4.69) is 33.0 Å². The topological polar surface area (TPSA) is 55.1 Å². The number of benzene rings is 1. The number of amides is 1. The highest BCUT2D eigenvalue weighted by Gasteiger charge is 2.20. The molecule has 0 saturated heterocycles. The van der Waals surface area contributed by atoms with E-state index >= 15 is 0 Å². The van der Waals surface area contributed by atoms with Gasteiger partial charge in [-0.2, -0.15) is 0 Å². The summed E-state index contributed by atoms with van der Waals surface area (Å²) < 4.78 is 0. The van der Waals surface area contributed by atoms with Crippen molar-refractivity contribution in [1.29, 1.82) is 0 Å². The lowest BCUT2D eigenvalue weighted by atomic mass is 9.85. The second-order valence-corrected chi connectivity index (χ2v) is 5.97. The highest BCUT2D eigenvalue weighted by Crippen LogP contribution is 2.23. The molecule has 3 N–H and O–H groups in total. The minimum absolute atomic E-state index is 0.200. The molecule has 0 heterocycles. The summed E-state index contributed by atoms with van der Waals surface area (Å²) in [5.74, 6) is 1.27. The van der Waals surface area contributed by atoms with Crippen LogP contribution in [-0.4, -0.2) is 12.5 Å². The molecule has 0 aliphatic rings. The Kier molecular flexibility index (Phi) is 5.67. The Morgan fingerprint density at radius 1 is 1.26 bits per heavy atom. The second-order valence-electron chi connectivity index (χ2n) is 5.57. The van der Waals surface area contributed by atoms with Crippen LogP contribution in [-0.2, 0) is 0 Å². The number of anilines is 1. The molecule has 0 radical (unpaired) electrons. The van der Waals surface area contributed by atoms with E-state index in [1.165, 1.54) is 0 Å². The molecule has 1 aromatic rings. The fourth-order valence-corrected chi connectivity index (χ4v) is 2.59. The number of nitrogen functional groups attached to an aromatic ring is 1. The van der Waals surface area contributed by atoms with Crippen LogP contribution in [0.5, 0.6) is 0 Å². The van der Waals surface area contributed by atoms with Gasteiger partial charge in [-0.05, 0) is 29.9 Å². The van der Waals surface area contributed by atoms with Crippen molar-refractivity contribution in [3.63, 3.8) is 0 Å². The van der Waals surface area contributed by atoms with Gasteiger partial charge in [0.25, 0.3) is 5.91 Å². The zero-order valence-corrected chi connectivity index (χ0v) is 12.8. The predicted octanol–water partition coefficient (Wildman–Crippen LogP) is 3.58. The SMILES string of the molecule is CC(C)C(CNC(=O)c1c(N)cccc1Cl)C(C)C. The number of halogens is 1. The van der Waals surface area contributed by atoms with Crippen LogP contribution in [0.4, 0.5) is 5.69 Å². The molecule has 1 aromatic carbocycles. The van der Waals surface area contributed by atoms with Gasteiger partial charge in [-0.1, -0.05) is 45.4 Å². The highest BCUT2D eigenvalue weighted by molar-refractivity contribution is 6.34. The maximum atomic E-state index is 12.2. The van der Waals surface area contributed by atoms with Crippen LogP contribution in [0.2, 0.25) is 5.02 Å². The van der Waals surface area contributed by atoms with E-state index in [9.17, 15) is 4.79 Å². The lowest BCUT2D eigenvalue weighted by Gasteiger charge is -2.25. The molecule has 0 aliphatic heterocycles. The standard InChI is InChI=1S/C15H23ClN2O/c1-9(2)11(10(3)4)8-18-15(19)14-12(16)6-5-7-13(14)17/h5-7,9-11H,8,17H2,1-4H3,(H,18,19). The minimum atomic E-state index is -0.200. The van der Waals surface area contributed by atoms with E-state index in [-0.39, 0.29) is 5.91 Å². The van der Waals surface area contributed by atoms with Crippen LogP contribution in [0.25, 0.3) is 0 Å². The number of hydrogen-bond donors (Lipinski definition) is 2. The average Bonchev–Trinajstić information content (AvgIpc) is 2.27. The van der Waals surface area contributed by atoms with Crippen molar-refractivity contribution < 1.29 is 4.79 Å². The molecule has 19 heavy (non-hydrogen) atoms. The first-order chi connectivity index (χ1) is 8.84. The van der Waals surface area contributed by atoms with Gasteiger partial charge >= 0.3 is 0 Å². The number of nitrogens with two attached hydrogens (primary N) is 1. The molecular formula is C15H23ClN2O. The smallest absolute Gasteiger partial charge is 0.254 e. The van der Waals surface area contributed by atoms with Crippen molar-refractivity contribution in [1.82, 2.24) is 5.32 Å². The lowest BCUT2D eigenvalue weighted by molar-refractivity contribution is 0.0938. The fourth-order valence-electron chi connectivity index (χ4n) is 2.32. The van der Waals surface area contributed by atoms with Crippen molar-refractivity contribution in [3.05, 3.63) is 28.8 Å². The van der Waals surface area contributed by atoms with Crippen LogP contribution < -0.4 is 11.1 Å². The normalized spacial score (nSPS) is 11.4. The summed E-state index contributed by atoms with van der Waals surface area (Å²) in [7, 11) is 0. The number of rotatable bonds is 5. The van der Waals surface area contributed by atoms with Crippen molar-refractivity contribution in [2.45, 2.75) is 27.7 Å². The Bertz CT molecular complexity index is 416. The van der Waals surface area contributed by atoms with E-state index in [1.54, 1.807) is 18.2 Å². The first-order valence-corrected chi connectivity index (χ1v) is 7.04. The van der Waals surface area contributed by atoms with Crippen molar-refractivity contribution >= 4 is 23.2 Å². The zero-order chi connectivity index (χ0) is 14.6. The van der Waals surface area contributed by atoms with Gasteiger partial charge in [0.1, 0.15) is 0 Å². The van der Waals surface area contributed by atoms with Crippen LogP contribution in [0.1, 0.15) is 38.1 Å². The molecule has 0 aliphatic carbocycles. The van der Waals surface area contributed by atoms with E-state index in [1.807, 2.05) is 0 Å². The summed E-state index contributed by atoms with van der Waals surface area (Å²) in [6.07, 6.45) is 0.